The Kier molecular flexibility index (Phi) is 7.44. The molecule has 9 heteroatoms. The van der Waals surface area contributed by atoms with Crippen LogP contribution in [0.4, 0.5) is 10.1 Å². The van der Waals surface area contributed by atoms with Crippen molar-refractivity contribution in [3.63, 3.8) is 0 Å². The van der Waals surface area contributed by atoms with Crippen molar-refractivity contribution in [2.24, 2.45) is 0 Å². The predicted molar refractivity (Wildman–Crippen MR) is 124 cm³/mol. The molecule has 2 amide bonds. The molecule has 0 aromatic heterocycles. The number of carbonyl (C=O) groups excluding carboxylic acids is 2. The van der Waals surface area contributed by atoms with Gasteiger partial charge in [0.15, 0.2) is 0 Å². The van der Waals surface area contributed by atoms with Gasteiger partial charge in [0.2, 0.25) is 0 Å². The summed E-state index contributed by atoms with van der Waals surface area (Å²) in [7, 11) is -3.75. The lowest BCUT2D eigenvalue weighted by Crippen LogP contribution is -2.35. The number of aryl methyl sites for hydroxylation is 2. The smallest absolute Gasteiger partial charge is 0.261 e. The SMILES string of the molecule is Cc1ccc(S(=O)(=O)Nc2ccc(C(=O)NCCNC(=O)c3ccccc3F)cc2)cc1C. The van der Waals surface area contributed by atoms with Gasteiger partial charge in [0.1, 0.15) is 5.82 Å². The molecule has 3 aromatic rings. The number of amides is 2. The second-order valence-electron chi connectivity index (χ2n) is 7.42. The van der Waals surface area contributed by atoms with Crippen LogP contribution >= 0.6 is 0 Å². The van der Waals surface area contributed by atoms with E-state index in [-0.39, 0.29) is 23.5 Å². The molecule has 0 heterocycles. The van der Waals surface area contributed by atoms with Gasteiger partial charge in [0.05, 0.1) is 10.5 Å². The first-order valence-corrected chi connectivity index (χ1v) is 11.7. The number of nitrogens with one attached hydrogen (secondary N) is 3. The van der Waals surface area contributed by atoms with E-state index in [1.165, 1.54) is 48.5 Å². The standard InChI is InChI=1S/C24H24FN3O4S/c1-16-7-12-20(15-17(16)2)33(31,32)28-19-10-8-18(9-11-19)23(29)26-13-14-27-24(30)21-5-3-4-6-22(21)25/h3-12,15,28H,13-14H2,1-2H3,(H,26,29)(H,27,30). The first-order chi connectivity index (χ1) is 15.7. The zero-order valence-electron chi connectivity index (χ0n) is 18.2. The summed E-state index contributed by atoms with van der Waals surface area (Å²) in [6, 6.07) is 16.5. The molecule has 33 heavy (non-hydrogen) atoms. The van der Waals surface area contributed by atoms with E-state index in [0.29, 0.717) is 11.3 Å². The van der Waals surface area contributed by atoms with Crippen LogP contribution in [0.1, 0.15) is 31.8 Å². The molecule has 0 radical (unpaired) electrons. The third-order valence-electron chi connectivity index (χ3n) is 5.00. The normalized spacial score (nSPS) is 11.0. The fraction of sp³-hybridized carbons (Fsp3) is 0.167. The quantitative estimate of drug-likeness (QED) is 0.440. The summed E-state index contributed by atoms with van der Waals surface area (Å²) in [5, 5.41) is 5.17. The molecule has 0 aliphatic rings. The summed E-state index contributed by atoms with van der Waals surface area (Å²) in [6.45, 7) is 4.00. The maximum atomic E-state index is 13.6. The van der Waals surface area contributed by atoms with Gasteiger partial charge >= 0.3 is 0 Å². The van der Waals surface area contributed by atoms with Crippen LogP contribution in [0.3, 0.4) is 0 Å². The van der Waals surface area contributed by atoms with E-state index in [0.717, 1.165) is 11.1 Å². The first-order valence-electron chi connectivity index (χ1n) is 10.2. The van der Waals surface area contributed by atoms with Crippen LogP contribution in [-0.4, -0.2) is 33.3 Å². The molecule has 0 saturated heterocycles. The monoisotopic (exact) mass is 469 g/mol. The number of hydrogen-bond donors (Lipinski definition) is 3. The molecule has 7 nitrogen and oxygen atoms in total. The minimum atomic E-state index is -3.75. The van der Waals surface area contributed by atoms with E-state index in [4.69, 9.17) is 0 Å². The van der Waals surface area contributed by atoms with Crippen LogP contribution in [-0.2, 0) is 10.0 Å². The Morgan fingerprint density at radius 2 is 1.45 bits per heavy atom. The van der Waals surface area contributed by atoms with Crippen LogP contribution < -0.4 is 15.4 Å². The highest BCUT2D eigenvalue weighted by Gasteiger charge is 2.15. The van der Waals surface area contributed by atoms with Gasteiger partial charge in [-0.3, -0.25) is 14.3 Å². The van der Waals surface area contributed by atoms with E-state index in [9.17, 15) is 22.4 Å². The topological polar surface area (TPSA) is 104 Å². The summed E-state index contributed by atoms with van der Waals surface area (Å²) in [5.41, 5.74) is 2.44. The fourth-order valence-electron chi connectivity index (χ4n) is 2.98. The summed E-state index contributed by atoms with van der Waals surface area (Å²) in [4.78, 5) is 24.4. The van der Waals surface area contributed by atoms with Gasteiger partial charge in [-0.15, -0.1) is 0 Å². The van der Waals surface area contributed by atoms with E-state index >= 15 is 0 Å². The number of rotatable bonds is 8. The van der Waals surface area contributed by atoms with E-state index in [1.54, 1.807) is 18.2 Å². The lowest BCUT2D eigenvalue weighted by Gasteiger charge is -2.11. The van der Waals surface area contributed by atoms with Crippen molar-refractivity contribution in [3.05, 3.63) is 94.8 Å². The minimum Gasteiger partial charge on any atom is -0.350 e. The minimum absolute atomic E-state index is 0.0670. The molecular weight excluding hydrogens is 445 g/mol. The van der Waals surface area contributed by atoms with Crippen LogP contribution in [0.25, 0.3) is 0 Å². The highest BCUT2D eigenvalue weighted by Crippen LogP contribution is 2.19. The highest BCUT2D eigenvalue weighted by atomic mass is 32.2. The number of halogens is 1. The third-order valence-corrected chi connectivity index (χ3v) is 6.38. The molecule has 3 aromatic carbocycles. The van der Waals surface area contributed by atoms with Gasteiger partial charge in [0.25, 0.3) is 21.8 Å². The van der Waals surface area contributed by atoms with Crippen molar-refractivity contribution in [1.82, 2.24) is 10.6 Å². The van der Waals surface area contributed by atoms with Gasteiger partial charge in [-0.2, -0.15) is 0 Å². The zero-order chi connectivity index (χ0) is 24.0. The predicted octanol–water partition coefficient (Wildman–Crippen LogP) is 3.40. The van der Waals surface area contributed by atoms with Crippen molar-refractivity contribution < 1.29 is 22.4 Å². The number of benzene rings is 3. The first kappa shape index (κ1) is 23.9. The van der Waals surface area contributed by atoms with Crippen LogP contribution in [0.5, 0.6) is 0 Å². The lowest BCUT2D eigenvalue weighted by atomic mass is 10.1. The Hall–Kier alpha value is -3.72. The molecule has 0 atom stereocenters. The second-order valence-corrected chi connectivity index (χ2v) is 9.10. The molecule has 0 fully saturated rings. The van der Waals surface area contributed by atoms with Crippen LogP contribution in [0, 0.1) is 19.7 Å². The fourth-order valence-corrected chi connectivity index (χ4v) is 4.12. The molecule has 0 unspecified atom stereocenters. The lowest BCUT2D eigenvalue weighted by molar-refractivity contribution is 0.0925. The molecule has 0 aliphatic heterocycles. The van der Waals surface area contributed by atoms with E-state index in [2.05, 4.69) is 15.4 Å². The Morgan fingerprint density at radius 1 is 0.818 bits per heavy atom. The van der Waals surface area contributed by atoms with Crippen molar-refractivity contribution in [2.75, 3.05) is 17.8 Å². The average Bonchev–Trinajstić information content (AvgIpc) is 2.78. The van der Waals surface area contributed by atoms with Crippen molar-refractivity contribution >= 4 is 27.5 Å². The highest BCUT2D eigenvalue weighted by molar-refractivity contribution is 7.92. The van der Waals surface area contributed by atoms with Gasteiger partial charge in [0, 0.05) is 24.3 Å². The van der Waals surface area contributed by atoms with Crippen molar-refractivity contribution in [3.8, 4) is 0 Å². The largest absolute Gasteiger partial charge is 0.350 e. The molecule has 0 spiro atoms. The molecule has 0 bridgehead atoms. The molecular formula is C24H24FN3O4S. The summed E-state index contributed by atoms with van der Waals surface area (Å²) >= 11 is 0. The van der Waals surface area contributed by atoms with Crippen molar-refractivity contribution in [1.29, 1.82) is 0 Å². The molecule has 3 rings (SSSR count). The second kappa shape index (κ2) is 10.3. The molecule has 172 valence electrons. The van der Waals surface area contributed by atoms with Gasteiger partial charge < -0.3 is 10.6 Å². The van der Waals surface area contributed by atoms with E-state index in [1.807, 2.05) is 13.8 Å². The van der Waals surface area contributed by atoms with Crippen molar-refractivity contribution in [2.45, 2.75) is 18.7 Å². The maximum Gasteiger partial charge on any atom is 0.261 e. The molecule has 3 N–H and O–H groups in total. The number of anilines is 1. The Balaban J connectivity index is 1.52. The Morgan fingerprint density at radius 3 is 2.09 bits per heavy atom. The summed E-state index contributed by atoms with van der Waals surface area (Å²) in [5.74, 6) is -1.58. The summed E-state index contributed by atoms with van der Waals surface area (Å²) < 4.78 is 41.3. The Bertz CT molecular complexity index is 1280. The molecule has 0 saturated carbocycles. The number of carbonyl (C=O) groups is 2. The van der Waals surface area contributed by atoms with Crippen LogP contribution in [0.2, 0.25) is 0 Å². The average molecular weight is 470 g/mol. The number of hydrogen-bond acceptors (Lipinski definition) is 4. The van der Waals surface area contributed by atoms with Crippen LogP contribution in [0.15, 0.2) is 71.6 Å². The summed E-state index contributed by atoms with van der Waals surface area (Å²) in [6.07, 6.45) is 0. The van der Waals surface area contributed by atoms with Gasteiger partial charge in [-0.25, -0.2) is 12.8 Å². The van der Waals surface area contributed by atoms with E-state index < -0.39 is 27.7 Å². The maximum absolute atomic E-state index is 13.6. The zero-order valence-corrected chi connectivity index (χ0v) is 19.0. The third kappa shape index (κ3) is 6.17. The number of sulfonamides is 1. The Labute approximate surface area is 192 Å². The van der Waals surface area contributed by atoms with Gasteiger partial charge in [-0.05, 0) is 73.5 Å². The van der Waals surface area contributed by atoms with Gasteiger partial charge in [-0.1, -0.05) is 18.2 Å². The molecule has 0 aliphatic carbocycles.